The molecule has 34 heavy (non-hydrogen) atoms. The number of hydrogen-bond acceptors (Lipinski definition) is 5. The standard InChI is InChI=1S/C27H26N2O5/c1-4-19-5-10-21(11-6-19)27(30)28-23-13-8-20(9-14-23)7-12-22-17-24(33-2)18-26(34-3)25(22)15-16-29(31)32/h5-18H,4H2,1-3H3,(H,28,30)/b12-7+,16-15+. The van der Waals surface area contributed by atoms with E-state index >= 15 is 0 Å². The van der Waals surface area contributed by atoms with E-state index < -0.39 is 4.92 Å². The van der Waals surface area contributed by atoms with Crippen molar-refractivity contribution in [3.8, 4) is 11.5 Å². The summed E-state index contributed by atoms with van der Waals surface area (Å²) in [6, 6.07) is 18.4. The van der Waals surface area contributed by atoms with E-state index in [1.165, 1.54) is 18.7 Å². The molecule has 3 rings (SSSR count). The van der Waals surface area contributed by atoms with Crippen molar-refractivity contribution in [3.05, 3.63) is 105 Å². The summed E-state index contributed by atoms with van der Waals surface area (Å²) in [6.07, 6.45) is 6.88. The van der Waals surface area contributed by atoms with Crippen LogP contribution in [0.5, 0.6) is 11.5 Å². The Balaban J connectivity index is 1.79. The topological polar surface area (TPSA) is 90.7 Å². The summed E-state index contributed by atoms with van der Waals surface area (Å²) in [4.78, 5) is 22.8. The molecule has 3 aromatic carbocycles. The zero-order chi connectivity index (χ0) is 24.5. The number of nitro groups is 1. The fourth-order valence-electron chi connectivity index (χ4n) is 3.32. The summed E-state index contributed by atoms with van der Waals surface area (Å²) < 4.78 is 10.7. The number of amides is 1. The number of rotatable bonds is 9. The second kappa shape index (κ2) is 11.5. The van der Waals surface area contributed by atoms with Crippen molar-refractivity contribution in [2.45, 2.75) is 13.3 Å². The highest BCUT2D eigenvalue weighted by Gasteiger charge is 2.10. The molecule has 174 valence electrons. The van der Waals surface area contributed by atoms with E-state index in [1.54, 1.807) is 19.2 Å². The summed E-state index contributed by atoms with van der Waals surface area (Å²) in [5.41, 5.74) is 4.61. The number of carbonyl (C=O) groups is 1. The van der Waals surface area contributed by atoms with Gasteiger partial charge >= 0.3 is 0 Å². The van der Waals surface area contributed by atoms with Crippen molar-refractivity contribution in [3.63, 3.8) is 0 Å². The summed E-state index contributed by atoms with van der Waals surface area (Å²) >= 11 is 0. The summed E-state index contributed by atoms with van der Waals surface area (Å²) in [5.74, 6) is 0.860. The van der Waals surface area contributed by atoms with Crippen molar-refractivity contribution in [2.75, 3.05) is 19.5 Å². The SMILES string of the molecule is CCc1ccc(C(=O)Nc2ccc(/C=C/c3cc(OC)cc(OC)c3/C=C/[N+](=O)[O-])cc2)cc1. The van der Waals surface area contributed by atoms with E-state index in [2.05, 4.69) is 12.2 Å². The van der Waals surface area contributed by atoms with Gasteiger partial charge in [-0.3, -0.25) is 14.9 Å². The van der Waals surface area contributed by atoms with Crippen molar-refractivity contribution in [1.82, 2.24) is 0 Å². The first-order valence-electron chi connectivity index (χ1n) is 10.7. The van der Waals surface area contributed by atoms with E-state index in [4.69, 9.17) is 9.47 Å². The average Bonchev–Trinajstić information content (AvgIpc) is 2.86. The van der Waals surface area contributed by atoms with Crippen LogP contribution >= 0.6 is 0 Å². The number of aryl methyl sites for hydroxylation is 1. The van der Waals surface area contributed by atoms with Crippen molar-refractivity contribution >= 4 is 29.8 Å². The fraction of sp³-hybridized carbons (Fsp3) is 0.148. The van der Waals surface area contributed by atoms with Gasteiger partial charge in [0.1, 0.15) is 11.5 Å². The molecule has 0 saturated carbocycles. The van der Waals surface area contributed by atoms with Crippen LogP contribution in [0.15, 0.2) is 66.9 Å². The first-order chi connectivity index (χ1) is 16.4. The predicted molar refractivity (Wildman–Crippen MR) is 135 cm³/mol. The maximum absolute atomic E-state index is 12.5. The Morgan fingerprint density at radius 3 is 2.26 bits per heavy atom. The van der Waals surface area contributed by atoms with Gasteiger partial charge in [0.2, 0.25) is 6.20 Å². The Labute approximate surface area is 198 Å². The van der Waals surface area contributed by atoms with E-state index in [0.717, 1.165) is 18.2 Å². The van der Waals surface area contributed by atoms with Crippen LogP contribution in [-0.4, -0.2) is 25.1 Å². The predicted octanol–water partition coefficient (Wildman–Crippen LogP) is 5.94. The molecule has 1 N–H and O–H groups in total. The van der Waals surface area contributed by atoms with E-state index in [-0.39, 0.29) is 5.91 Å². The maximum Gasteiger partial charge on any atom is 0.255 e. The zero-order valence-electron chi connectivity index (χ0n) is 19.3. The van der Waals surface area contributed by atoms with Crippen LogP contribution in [0.2, 0.25) is 0 Å². The van der Waals surface area contributed by atoms with Crippen LogP contribution in [0, 0.1) is 10.1 Å². The summed E-state index contributed by atoms with van der Waals surface area (Å²) in [6.45, 7) is 2.07. The van der Waals surface area contributed by atoms with Crippen LogP contribution in [0.25, 0.3) is 18.2 Å². The number of hydrogen-bond donors (Lipinski definition) is 1. The number of anilines is 1. The Kier molecular flexibility index (Phi) is 8.18. The molecule has 0 bridgehead atoms. The number of ether oxygens (including phenoxy) is 2. The van der Waals surface area contributed by atoms with Crippen LogP contribution in [-0.2, 0) is 6.42 Å². The van der Waals surface area contributed by atoms with Crippen LogP contribution in [0.3, 0.4) is 0 Å². The molecule has 1 amide bonds. The maximum atomic E-state index is 12.5. The number of benzene rings is 3. The van der Waals surface area contributed by atoms with Gasteiger partial charge in [0.05, 0.1) is 19.1 Å². The third kappa shape index (κ3) is 6.32. The largest absolute Gasteiger partial charge is 0.497 e. The minimum absolute atomic E-state index is 0.170. The molecule has 0 aliphatic rings. The minimum atomic E-state index is -0.525. The first kappa shape index (κ1) is 24.3. The Morgan fingerprint density at radius 1 is 0.971 bits per heavy atom. The summed E-state index contributed by atoms with van der Waals surface area (Å²) in [5, 5.41) is 13.7. The molecule has 0 radical (unpaired) electrons. The van der Waals surface area contributed by atoms with Crippen molar-refractivity contribution in [2.24, 2.45) is 0 Å². The van der Waals surface area contributed by atoms with E-state index in [0.29, 0.717) is 33.9 Å². The van der Waals surface area contributed by atoms with Gasteiger partial charge in [-0.15, -0.1) is 0 Å². The quantitative estimate of drug-likeness (QED) is 0.244. The second-order valence-corrected chi connectivity index (χ2v) is 7.39. The molecular formula is C27H26N2O5. The lowest BCUT2D eigenvalue weighted by Crippen LogP contribution is -2.11. The molecule has 0 heterocycles. The molecule has 7 nitrogen and oxygen atoms in total. The van der Waals surface area contributed by atoms with Gasteiger partial charge in [-0.25, -0.2) is 0 Å². The molecule has 0 atom stereocenters. The van der Waals surface area contributed by atoms with Crippen LogP contribution < -0.4 is 14.8 Å². The van der Waals surface area contributed by atoms with Gasteiger partial charge in [0, 0.05) is 29.0 Å². The first-order valence-corrected chi connectivity index (χ1v) is 10.7. The molecular weight excluding hydrogens is 432 g/mol. The Hall–Kier alpha value is -4.39. The lowest BCUT2D eigenvalue weighted by atomic mass is 10.0. The van der Waals surface area contributed by atoms with Gasteiger partial charge in [-0.05, 0) is 53.4 Å². The lowest BCUT2D eigenvalue weighted by Gasteiger charge is -2.11. The minimum Gasteiger partial charge on any atom is -0.497 e. The fourth-order valence-corrected chi connectivity index (χ4v) is 3.32. The second-order valence-electron chi connectivity index (χ2n) is 7.39. The van der Waals surface area contributed by atoms with Crippen LogP contribution in [0.1, 0.15) is 39.5 Å². The van der Waals surface area contributed by atoms with Crippen molar-refractivity contribution < 1.29 is 19.2 Å². The molecule has 0 spiro atoms. The van der Waals surface area contributed by atoms with Crippen molar-refractivity contribution in [1.29, 1.82) is 0 Å². The van der Waals surface area contributed by atoms with Crippen LogP contribution in [0.4, 0.5) is 5.69 Å². The number of carbonyl (C=O) groups excluding carboxylic acids is 1. The third-order valence-corrected chi connectivity index (χ3v) is 5.21. The monoisotopic (exact) mass is 458 g/mol. The highest BCUT2D eigenvalue weighted by atomic mass is 16.6. The number of nitrogens with zero attached hydrogens (tertiary/aromatic N) is 1. The number of methoxy groups -OCH3 is 2. The van der Waals surface area contributed by atoms with Gasteiger partial charge in [0.25, 0.3) is 5.91 Å². The van der Waals surface area contributed by atoms with Gasteiger partial charge < -0.3 is 14.8 Å². The van der Waals surface area contributed by atoms with Gasteiger partial charge in [0.15, 0.2) is 0 Å². The highest BCUT2D eigenvalue weighted by molar-refractivity contribution is 6.04. The lowest BCUT2D eigenvalue weighted by molar-refractivity contribution is -0.400. The summed E-state index contributed by atoms with van der Waals surface area (Å²) in [7, 11) is 3.04. The molecule has 0 aromatic heterocycles. The molecule has 3 aromatic rings. The average molecular weight is 459 g/mol. The molecule has 0 fully saturated rings. The Morgan fingerprint density at radius 2 is 1.68 bits per heavy atom. The molecule has 0 aliphatic heterocycles. The Bertz CT molecular complexity index is 1210. The zero-order valence-corrected chi connectivity index (χ0v) is 19.3. The smallest absolute Gasteiger partial charge is 0.255 e. The van der Waals surface area contributed by atoms with E-state index in [1.807, 2.05) is 60.7 Å². The van der Waals surface area contributed by atoms with Gasteiger partial charge in [-0.1, -0.05) is 43.3 Å². The van der Waals surface area contributed by atoms with E-state index in [9.17, 15) is 14.9 Å². The molecule has 0 unspecified atom stereocenters. The molecule has 7 heteroatoms. The highest BCUT2D eigenvalue weighted by Crippen LogP contribution is 2.31. The third-order valence-electron chi connectivity index (χ3n) is 5.21. The number of nitrogens with one attached hydrogen (secondary N) is 1. The normalized spacial score (nSPS) is 11.0. The molecule has 0 saturated heterocycles. The van der Waals surface area contributed by atoms with Gasteiger partial charge in [-0.2, -0.15) is 0 Å². The molecule has 0 aliphatic carbocycles.